The van der Waals surface area contributed by atoms with Crippen LogP contribution in [0.4, 0.5) is 0 Å². The standard InChI is InChI=1S/C3H6IOS/c4-6-2-1-5-3-6/h1-3H2/q+1. The fourth-order valence-electron chi connectivity index (χ4n) is 0.358. The molecule has 0 spiro atoms. The van der Waals surface area contributed by atoms with Gasteiger partial charge in [0, 0.05) is 0 Å². The Hall–Kier alpha value is 1.04. The van der Waals surface area contributed by atoms with Gasteiger partial charge < -0.3 is 4.74 Å². The van der Waals surface area contributed by atoms with Crippen molar-refractivity contribution in [3.63, 3.8) is 0 Å². The molecule has 0 aromatic rings. The Balaban J connectivity index is 2.18. The Bertz CT molecular complexity index is 44.1. The average molecular weight is 217 g/mol. The highest BCUT2D eigenvalue weighted by Crippen LogP contribution is 2.12. The first-order chi connectivity index (χ1) is 2.89. The lowest BCUT2D eigenvalue weighted by Gasteiger charge is -1.75. The summed E-state index contributed by atoms with van der Waals surface area (Å²) in [6, 6.07) is 0. The summed E-state index contributed by atoms with van der Waals surface area (Å²) in [5, 5.41) is 0. The highest BCUT2D eigenvalue weighted by molar-refractivity contribution is 14.2. The minimum Gasteiger partial charge on any atom is -0.330 e. The maximum Gasteiger partial charge on any atom is 0.253 e. The summed E-state index contributed by atoms with van der Waals surface area (Å²) < 4.78 is 5.06. The summed E-state index contributed by atoms with van der Waals surface area (Å²) in [7, 11) is 0.575. The summed E-state index contributed by atoms with van der Waals surface area (Å²) in [5.41, 5.74) is 0. The van der Waals surface area contributed by atoms with E-state index in [1.165, 1.54) is 5.75 Å². The predicted molar refractivity (Wildman–Crippen MR) is 37.1 cm³/mol. The quantitative estimate of drug-likeness (QED) is 0.433. The van der Waals surface area contributed by atoms with Gasteiger partial charge >= 0.3 is 0 Å². The summed E-state index contributed by atoms with van der Waals surface area (Å²) in [6.45, 7) is 0.992. The summed E-state index contributed by atoms with van der Waals surface area (Å²) in [6.07, 6.45) is 0. The normalized spacial score (nSPS) is 34.5. The van der Waals surface area contributed by atoms with E-state index in [0.29, 0.717) is 8.07 Å². The molecule has 1 atom stereocenters. The van der Waals surface area contributed by atoms with E-state index in [2.05, 4.69) is 21.2 Å². The number of hydrogen-bond acceptors (Lipinski definition) is 1. The molecule has 0 N–H and O–H groups in total. The van der Waals surface area contributed by atoms with E-state index in [9.17, 15) is 0 Å². The van der Waals surface area contributed by atoms with Crippen LogP contribution >= 0.6 is 21.2 Å². The van der Waals surface area contributed by atoms with Crippen LogP contribution in [0.3, 0.4) is 0 Å². The molecule has 0 amide bonds. The third-order valence-electron chi connectivity index (χ3n) is 0.660. The zero-order valence-electron chi connectivity index (χ0n) is 3.32. The van der Waals surface area contributed by atoms with Gasteiger partial charge in [-0.2, -0.15) is 0 Å². The topological polar surface area (TPSA) is 9.23 Å². The van der Waals surface area contributed by atoms with Crippen molar-refractivity contribution in [3.05, 3.63) is 0 Å². The Kier molecular flexibility index (Phi) is 2.05. The molecular formula is C3H6IOS+. The van der Waals surface area contributed by atoms with E-state index in [1.54, 1.807) is 0 Å². The molecule has 0 aromatic carbocycles. The van der Waals surface area contributed by atoms with Gasteiger partial charge in [-0.15, -0.1) is 0 Å². The molecule has 1 aliphatic heterocycles. The molecule has 3 heteroatoms. The lowest BCUT2D eigenvalue weighted by atomic mass is 10.9. The first kappa shape index (κ1) is 5.18. The second-order valence-corrected chi connectivity index (χ2v) is 6.38. The van der Waals surface area contributed by atoms with Crippen LogP contribution in [0.5, 0.6) is 0 Å². The van der Waals surface area contributed by atoms with Crippen molar-refractivity contribution in [1.82, 2.24) is 0 Å². The predicted octanol–water partition coefficient (Wildman–Crippen LogP) is 0.942. The highest BCUT2D eigenvalue weighted by atomic mass is 127. The van der Waals surface area contributed by atoms with Gasteiger partial charge in [-0.05, 0) is 0 Å². The van der Waals surface area contributed by atoms with Gasteiger partial charge in [0.1, 0.15) is 5.75 Å². The Morgan fingerprint density at radius 3 is 2.67 bits per heavy atom. The molecule has 0 radical (unpaired) electrons. The van der Waals surface area contributed by atoms with Crippen molar-refractivity contribution in [3.8, 4) is 0 Å². The SMILES string of the molecule is I[S+]1CCOC1. The van der Waals surface area contributed by atoms with E-state index >= 15 is 0 Å². The van der Waals surface area contributed by atoms with E-state index in [1.807, 2.05) is 0 Å². The van der Waals surface area contributed by atoms with Crippen LogP contribution in [0.15, 0.2) is 0 Å². The largest absolute Gasteiger partial charge is 0.330 e. The molecule has 1 heterocycles. The van der Waals surface area contributed by atoms with Crippen LogP contribution in [-0.2, 0) is 12.8 Å². The molecule has 1 rings (SSSR count). The number of halogens is 1. The van der Waals surface area contributed by atoms with Crippen LogP contribution in [-0.4, -0.2) is 18.3 Å². The van der Waals surface area contributed by atoms with Crippen LogP contribution in [0.1, 0.15) is 0 Å². The fraction of sp³-hybridized carbons (Fsp3) is 1.00. The Morgan fingerprint density at radius 1 is 1.67 bits per heavy atom. The van der Waals surface area contributed by atoms with Crippen molar-refractivity contribution >= 4 is 29.3 Å². The van der Waals surface area contributed by atoms with Crippen LogP contribution in [0.25, 0.3) is 0 Å². The third-order valence-corrected chi connectivity index (χ3v) is 3.78. The minimum atomic E-state index is 0.575. The second kappa shape index (κ2) is 2.37. The van der Waals surface area contributed by atoms with Crippen molar-refractivity contribution in [1.29, 1.82) is 0 Å². The van der Waals surface area contributed by atoms with Gasteiger partial charge in [0.25, 0.3) is 21.2 Å². The monoisotopic (exact) mass is 217 g/mol. The van der Waals surface area contributed by atoms with Crippen LogP contribution in [0.2, 0.25) is 0 Å². The summed E-state index contributed by atoms with van der Waals surface area (Å²) >= 11 is 2.43. The smallest absolute Gasteiger partial charge is 0.253 e. The Morgan fingerprint density at radius 2 is 2.50 bits per heavy atom. The Labute approximate surface area is 52.4 Å². The highest BCUT2D eigenvalue weighted by Gasteiger charge is 2.20. The molecule has 1 nitrogen and oxygen atoms in total. The van der Waals surface area contributed by atoms with Crippen molar-refractivity contribution < 1.29 is 4.74 Å². The maximum atomic E-state index is 5.06. The molecule has 1 unspecified atom stereocenters. The molecule has 0 aromatic heterocycles. The molecule has 0 saturated carbocycles. The fourth-order valence-corrected chi connectivity index (χ4v) is 2.15. The number of rotatable bonds is 0. The second-order valence-electron chi connectivity index (χ2n) is 1.15. The van der Waals surface area contributed by atoms with Crippen LogP contribution in [0, 0.1) is 0 Å². The zero-order chi connectivity index (χ0) is 4.41. The summed E-state index contributed by atoms with van der Waals surface area (Å²) in [5.74, 6) is 2.28. The molecule has 0 aliphatic carbocycles. The first-order valence-corrected chi connectivity index (χ1v) is 5.91. The first-order valence-electron chi connectivity index (χ1n) is 1.81. The molecule has 36 valence electrons. The molecule has 1 saturated heterocycles. The van der Waals surface area contributed by atoms with Gasteiger partial charge in [0.05, 0.1) is 14.7 Å². The average Bonchev–Trinajstić information content (AvgIpc) is 1.86. The molecule has 1 aliphatic rings. The van der Waals surface area contributed by atoms with Gasteiger partial charge in [-0.3, -0.25) is 0 Å². The van der Waals surface area contributed by atoms with Crippen LogP contribution < -0.4 is 0 Å². The molecule has 6 heavy (non-hydrogen) atoms. The van der Waals surface area contributed by atoms with Gasteiger partial charge in [0.2, 0.25) is 5.94 Å². The zero-order valence-corrected chi connectivity index (χ0v) is 6.29. The summed E-state index contributed by atoms with van der Waals surface area (Å²) in [4.78, 5) is 0. The third kappa shape index (κ3) is 1.27. The van der Waals surface area contributed by atoms with Gasteiger partial charge in [-0.25, -0.2) is 0 Å². The van der Waals surface area contributed by atoms with E-state index in [-0.39, 0.29) is 0 Å². The van der Waals surface area contributed by atoms with Gasteiger partial charge in [-0.1, -0.05) is 0 Å². The maximum absolute atomic E-state index is 5.06. The van der Waals surface area contributed by atoms with E-state index in [0.717, 1.165) is 12.5 Å². The van der Waals surface area contributed by atoms with Gasteiger partial charge in [0.15, 0.2) is 0 Å². The molecule has 1 fully saturated rings. The van der Waals surface area contributed by atoms with Crippen molar-refractivity contribution in [2.45, 2.75) is 0 Å². The lowest BCUT2D eigenvalue weighted by molar-refractivity contribution is 0.217. The number of ether oxygens (including phenoxy) is 1. The lowest BCUT2D eigenvalue weighted by Crippen LogP contribution is -1.88. The van der Waals surface area contributed by atoms with Crippen molar-refractivity contribution in [2.75, 3.05) is 18.3 Å². The van der Waals surface area contributed by atoms with Crippen molar-refractivity contribution in [2.24, 2.45) is 0 Å². The minimum absolute atomic E-state index is 0.575. The van der Waals surface area contributed by atoms with E-state index in [4.69, 9.17) is 4.74 Å². The number of hydrogen-bond donors (Lipinski definition) is 0. The molecular weight excluding hydrogens is 211 g/mol. The van der Waals surface area contributed by atoms with E-state index < -0.39 is 0 Å². The molecule has 0 bridgehead atoms.